The Bertz CT molecular complexity index is 402. The van der Waals surface area contributed by atoms with Gasteiger partial charge in [0.15, 0.2) is 0 Å². The summed E-state index contributed by atoms with van der Waals surface area (Å²) in [6.07, 6.45) is 2.41. The molecule has 0 aromatic heterocycles. The van der Waals surface area contributed by atoms with E-state index in [-0.39, 0.29) is 0 Å². The maximum atomic E-state index is 12.0. The number of nitrogen functional groups attached to an aromatic ring is 1. The fraction of sp³-hybridized carbons (Fsp3) is 0.500. The molecular formula is C12H17NO2S. The van der Waals surface area contributed by atoms with Crippen LogP contribution in [0.5, 0.6) is 5.75 Å². The predicted octanol–water partition coefficient (Wildman–Crippen LogP) is 2.19. The Hall–Kier alpha value is -1.03. The summed E-state index contributed by atoms with van der Waals surface area (Å²) in [5.41, 5.74) is 6.43. The molecule has 0 heterocycles. The summed E-state index contributed by atoms with van der Waals surface area (Å²) in [7, 11) is -0.981. The van der Waals surface area contributed by atoms with Gasteiger partial charge >= 0.3 is 0 Å². The molecule has 1 saturated carbocycles. The third kappa shape index (κ3) is 2.76. The van der Waals surface area contributed by atoms with Crippen LogP contribution in [0.15, 0.2) is 23.1 Å². The van der Waals surface area contributed by atoms with Crippen molar-refractivity contribution in [2.24, 2.45) is 5.92 Å². The quantitative estimate of drug-likeness (QED) is 0.801. The van der Waals surface area contributed by atoms with Crippen molar-refractivity contribution < 1.29 is 8.95 Å². The molecule has 1 aromatic rings. The lowest BCUT2D eigenvalue weighted by Gasteiger charge is -2.08. The molecule has 88 valence electrons. The zero-order chi connectivity index (χ0) is 11.5. The van der Waals surface area contributed by atoms with Crippen molar-refractivity contribution in [1.82, 2.24) is 0 Å². The lowest BCUT2D eigenvalue weighted by atomic mass is 10.3. The van der Waals surface area contributed by atoms with E-state index in [0.29, 0.717) is 18.2 Å². The smallest absolute Gasteiger partial charge is 0.120 e. The summed E-state index contributed by atoms with van der Waals surface area (Å²) in [4.78, 5) is 0.720. The monoisotopic (exact) mass is 239 g/mol. The molecule has 0 amide bonds. The van der Waals surface area contributed by atoms with Crippen LogP contribution in [0, 0.1) is 5.92 Å². The third-order valence-corrected chi connectivity index (χ3v) is 4.24. The lowest BCUT2D eigenvalue weighted by molar-refractivity contribution is 0.339. The van der Waals surface area contributed by atoms with Gasteiger partial charge in [0, 0.05) is 11.4 Å². The molecule has 0 saturated heterocycles. The first-order valence-corrected chi connectivity index (χ1v) is 6.93. The number of nitrogens with two attached hydrogens (primary N) is 1. The van der Waals surface area contributed by atoms with Gasteiger partial charge < -0.3 is 10.5 Å². The van der Waals surface area contributed by atoms with E-state index >= 15 is 0 Å². The highest BCUT2D eigenvalue weighted by molar-refractivity contribution is 7.85. The zero-order valence-electron chi connectivity index (χ0n) is 9.44. The van der Waals surface area contributed by atoms with E-state index in [4.69, 9.17) is 10.5 Å². The molecule has 1 aromatic carbocycles. The van der Waals surface area contributed by atoms with Crippen molar-refractivity contribution >= 4 is 16.5 Å². The molecule has 1 fully saturated rings. The molecule has 0 aliphatic heterocycles. The second-order valence-electron chi connectivity index (χ2n) is 4.09. The highest BCUT2D eigenvalue weighted by Gasteiger charge is 2.25. The van der Waals surface area contributed by atoms with Gasteiger partial charge in [0.25, 0.3) is 0 Å². The summed E-state index contributed by atoms with van der Waals surface area (Å²) in [5, 5.41) is 0. The van der Waals surface area contributed by atoms with Crippen molar-refractivity contribution in [3.05, 3.63) is 18.2 Å². The molecule has 1 atom stereocenters. The van der Waals surface area contributed by atoms with Gasteiger partial charge in [-0.05, 0) is 43.9 Å². The molecule has 4 heteroatoms. The molecule has 16 heavy (non-hydrogen) atoms. The average molecular weight is 239 g/mol. The molecule has 0 radical (unpaired) electrons. The van der Waals surface area contributed by atoms with Crippen LogP contribution < -0.4 is 10.5 Å². The lowest BCUT2D eigenvalue weighted by Crippen LogP contribution is -2.04. The minimum absolute atomic E-state index is 0.599. The minimum atomic E-state index is -0.981. The van der Waals surface area contributed by atoms with Gasteiger partial charge in [0.2, 0.25) is 0 Å². The Morgan fingerprint density at radius 1 is 1.50 bits per heavy atom. The van der Waals surface area contributed by atoms with Gasteiger partial charge in [-0.15, -0.1) is 0 Å². The highest BCUT2D eigenvalue weighted by atomic mass is 32.2. The van der Waals surface area contributed by atoms with Crippen LogP contribution in [0.3, 0.4) is 0 Å². The normalized spacial score (nSPS) is 17.1. The first-order chi connectivity index (χ1) is 7.70. The molecule has 1 aliphatic carbocycles. The van der Waals surface area contributed by atoms with E-state index in [1.807, 2.05) is 13.0 Å². The SMILES string of the molecule is CCOc1ccc(N)c(S(=O)CC2CC2)c1. The fourth-order valence-electron chi connectivity index (χ4n) is 1.56. The van der Waals surface area contributed by atoms with Crippen LogP contribution in [0.2, 0.25) is 0 Å². The number of hydrogen-bond acceptors (Lipinski definition) is 3. The standard InChI is InChI=1S/C12H17NO2S/c1-2-15-10-5-6-11(13)12(7-10)16(14)8-9-3-4-9/h5-7,9H,2-4,8,13H2,1H3. The summed E-state index contributed by atoms with van der Waals surface area (Å²) in [5.74, 6) is 2.12. The van der Waals surface area contributed by atoms with Gasteiger partial charge in [-0.25, -0.2) is 0 Å². The van der Waals surface area contributed by atoms with E-state index in [9.17, 15) is 4.21 Å². The summed E-state index contributed by atoms with van der Waals surface area (Å²) >= 11 is 0. The van der Waals surface area contributed by atoms with Crippen LogP contribution in [-0.2, 0) is 10.8 Å². The summed E-state index contributed by atoms with van der Waals surface area (Å²) in [6, 6.07) is 5.39. The average Bonchev–Trinajstić information content (AvgIpc) is 3.05. The van der Waals surface area contributed by atoms with Crippen LogP contribution in [0.25, 0.3) is 0 Å². The van der Waals surface area contributed by atoms with E-state index in [1.54, 1.807) is 12.1 Å². The zero-order valence-corrected chi connectivity index (χ0v) is 10.3. The maximum absolute atomic E-state index is 12.0. The Morgan fingerprint density at radius 2 is 2.25 bits per heavy atom. The Labute approximate surface area is 98.4 Å². The predicted molar refractivity (Wildman–Crippen MR) is 66.0 cm³/mol. The van der Waals surface area contributed by atoms with Gasteiger partial charge in [-0.1, -0.05) is 0 Å². The van der Waals surface area contributed by atoms with Crippen molar-refractivity contribution in [1.29, 1.82) is 0 Å². The number of rotatable bonds is 5. The summed E-state index contributed by atoms with van der Waals surface area (Å²) in [6.45, 7) is 2.54. The van der Waals surface area contributed by atoms with Crippen molar-refractivity contribution in [3.63, 3.8) is 0 Å². The Morgan fingerprint density at radius 3 is 2.88 bits per heavy atom. The second-order valence-corrected chi connectivity index (χ2v) is 5.55. The van der Waals surface area contributed by atoms with Crippen LogP contribution in [0.4, 0.5) is 5.69 Å². The van der Waals surface area contributed by atoms with Crippen molar-refractivity contribution in [2.75, 3.05) is 18.1 Å². The molecule has 3 nitrogen and oxygen atoms in total. The van der Waals surface area contributed by atoms with Gasteiger partial charge in [-0.2, -0.15) is 0 Å². The fourth-order valence-corrected chi connectivity index (χ4v) is 3.08. The number of ether oxygens (including phenoxy) is 1. The number of hydrogen-bond donors (Lipinski definition) is 1. The Kier molecular flexibility index (Phi) is 3.49. The van der Waals surface area contributed by atoms with Gasteiger partial charge in [-0.3, -0.25) is 4.21 Å². The first kappa shape index (κ1) is 11.5. The maximum Gasteiger partial charge on any atom is 0.120 e. The van der Waals surface area contributed by atoms with Crippen LogP contribution in [-0.4, -0.2) is 16.6 Å². The van der Waals surface area contributed by atoms with Gasteiger partial charge in [0.05, 0.1) is 22.3 Å². The topological polar surface area (TPSA) is 52.3 Å². The van der Waals surface area contributed by atoms with E-state index < -0.39 is 10.8 Å². The molecule has 0 bridgehead atoms. The largest absolute Gasteiger partial charge is 0.494 e. The highest BCUT2D eigenvalue weighted by Crippen LogP contribution is 2.32. The number of anilines is 1. The molecular weight excluding hydrogens is 222 g/mol. The Balaban J connectivity index is 2.16. The first-order valence-electron chi connectivity index (χ1n) is 5.61. The minimum Gasteiger partial charge on any atom is -0.494 e. The van der Waals surface area contributed by atoms with Gasteiger partial charge in [0.1, 0.15) is 5.75 Å². The molecule has 0 spiro atoms. The molecule has 2 N–H and O–H groups in total. The van der Waals surface area contributed by atoms with Crippen molar-refractivity contribution in [2.45, 2.75) is 24.7 Å². The van der Waals surface area contributed by atoms with Crippen LogP contribution >= 0.6 is 0 Å². The summed E-state index contributed by atoms with van der Waals surface area (Å²) < 4.78 is 17.4. The molecule has 1 unspecified atom stereocenters. The molecule has 1 aliphatic rings. The molecule has 2 rings (SSSR count). The van der Waals surface area contributed by atoms with E-state index in [2.05, 4.69) is 0 Å². The van der Waals surface area contributed by atoms with Crippen molar-refractivity contribution in [3.8, 4) is 5.75 Å². The third-order valence-electron chi connectivity index (χ3n) is 2.63. The van der Waals surface area contributed by atoms with E-state index in [1.165, 1.54) is 12.8 Å². The van der Waals surface area contributed by atoms with E-state index in [0.717, 1.165) is 16.4 Å². The number of benzene rings is 1. The van der Waals surface area contributed by atoms with Crippen LogP contribution in [0.1, 0.15) is 19.8 Å². The second kappa shape index (κ2) is 4.87.